The van der Waals surface area contributed by atoms with Crippen LogP contribution in [0.2, 0.25) is 0 Å². The molecule has 0 radical (unpaired) electrons. The largest absolute Gasteiger partial charge is 0.383 e. The third kappa shape index (κ3) is 6.30. The molecule has 2 rings (SSSR count). The van der Waals surface area contributed by atoms with Crippen molar-refractivity contribution in [3.63, 3.8) is 0 Å². The molecule has 1 aromatic heterocycles. The Balaban J connectivity index is 1.79. The summed E-state index contributed by atoms with van der Waals surface area (Å²) in [6.45, 7) is 10.6. The van der Waals surface area contributed by atoms with E-state index < -0.39 is 0 Å². The maximum atomic E-state index is 12.2. The Hall–Kier alpha value is -1.64. The normalized spacial score (nSPS) is 17.6. The summed E-state index contributed by atoms with van der Waals surface area (Å²) >= 11 is 0. The van der Waals surface area contributed by atoms with E-state index in [9.17, 15) is 4.79 Å². The molecule has 1 saturated heterocycles. The molecule has 0 bridgehead atoms. The third-order valence-corrected chi connectivity index (χ3v) is 4.66. The highest BCUT2D eigenvalue weighted by molar-refractivity contribution is 5.88. The van der Waals surface area contributed by atoms with Gasteiger partial charge in [-0.25, -0.2) is 4.79 Å². The van der Waals surface area contributed by atoms with Gasteiger partial charge >= 0.3 is 6.03 Å². The number of aromatic nitrogens is 2. The minimum atomic E-state index is -0.189. The number of ether oxygens (including phenoxy) is 1. The van der Waals surface area contributed by atoms with Crippen molar-refractivity contribution in [3.8, 4) is 0 Å². The van der Waals surface area contributed by atoms with Crippen LogP contribution in [-0.2, 0) is 11.3 Å². The van der Waals surface area contributed by atoms with Crippen LogP contribution in [-0.4, -0.2) is 85.1 Å². The zero-order valence-corrected chi connectivity index (χ0v) is 15.9. The van der Waals surface area contributed by atoms with Crippen LogP contribution in [0.25, 0.3) is 0 Å². The highest BCUT2D eigenvalue weighted by Gasteiger charge is 2.25. The lowest BCUT2D eigenvalue weighted by atomic mass is 10.0. The first-order valence-corrected chi connectivity index (χ1v) is 8.98. The van der Waals surface area contributed by atoms with Crippen LogP contribution in [0.5, 0.6) is 0 Å². The summed E-state index contributed by atoms with van der Waals surface area (Å²) in [6, 6.07) is 0.162. The molecule has 1 aliphatic rings. The molecule has 1 unspecified atom stereocenters. The molecule has 142 valence electrons. The van der Waals surface area contributed by atoms with Gasteiger partial charge in [-0.1, -0.05) is 13.8 Å². The van der Waals surface area contributed by atoms with Crippen LogP contribution in [0.15, 0.2) is 12.4 Å². The van der Waals surface area contributed by atoms with E-state index in [0.29, 0.717) is 37.3 Å². The van der Waals surface area contributed by atoms with Crippen molar-refractivity contribution in [1.82, 2.24) is 24.9 Å². The van der Waals surface area contributed by atoms with Crippen molar-refractivity contribution in [1.29, 1.82) is 0 Å². The molecular weight excluding hydrogens is 320 g/mol. The molecule has 2 heterocycles. The molecular formula is C17H32N6O2. The third-order valence-electron chi connectivity index (χ3n) is 4.66. The molecule has 1 fully saturated rings. The number of nitrogens with one attached hydrogen (secondary N) is 2. The minimum Gasteiger partial charge on any atom is -0.383 e. The maximum absolute atomic E-state index is 12.2. The van der Waals surface area contributed by atoms with Gasteiger partial charge in [-0.05, 0) is 13.0 Å². The lowest BCUT2D eigenvalue weighted by Gasteiger charge is -2.39. The van der Waals surface area contributed by atoms with Crippen molar-refractivity contribution < 1.29 is 9.53 Å². The highest BCUT2D eigenvalue weighted by Crippen LogP contribution is 2.13. The zero-order valence-electron chi connectivity index (χ0n) is 15.9. The molecule has 8 heteroatoms. The average Bonchev–Trinajstić information content (AvgIpc) is 3.01. The number of nitrogens with zero attached hydrogens (tertiary/aromatic N) is 4. The number of methoxy groups -OCH3 is 1. The topological polar surface area (TPSA) is 74.7 Å². The Morgan fingerprint density at radius 1 is 1.32 bits per heavy atom. The quantitative estimate of drug-likeness (QED) is 0.728. The van der Waals surface area contributed by atoms with E-state index in [-0.39, 0.29) is 6.03 Å². The van der Waals surface area contributed by atoms with E-state index in [4.69, 9.17) is 4.74 Å². The lowest BCUT2D eigenvalue weighted by Crippen LogP contribution is -2.54. The van der Waals surface area contributed by atoms with E-state index in [1.807, 2.05) is 0 Å². The van der Waals surface area contributed by atoms with Gasteiger partial charge in [0, 0.05) is 52.1 Å². The van der Waals surface area contributed by atoms with Gasteiger partial charge in [0.1, 0.15) is 0 Å². The molecule has 1 atom stereocenters. The molecule has 1 aliphatic heterocycles. The number of likely N-dealkylation sites (N-methyl/N-ethyl adjacent to an activating group) is 1. The number of hydrogen-bond donors (Lipinski definition) is 2. The summed E-state index contributed by atoms with van der Waals surface area (Å²) in [5.74, 6) is 0.487. The second-order valence-corrected chi connectivity index (χ2v) is 6.97. The van der Waals surface area contributed by atoms with E-state index >= 15 is 0 Å². The van der Waals surface area contributed by atoms with Crippen LogP contribution < -0.4 is 10.6 Å². The van der Waals surface area contributed by atoms with Crippen molar-refractivity contribution >= 4 is 11.7 Å². The Labute approximate surface area is 150 Å². The Bertz CT molecular complexity index is 525. The van der Waals surface area contributed by atoms with Crippen molar-refractivity contribution in [2.45, 2.75) is 26.4 Å². The number of rotatable bonds is 8. The van der Waals surface area contributed by atoms with Gasteiger partial charge in [-0.2, -0.15) is 5.10 Å². The molecule has 2 amide bonds. The van der Waals surface area contributed by atoms with Crippen molar-refractivity contribution in [3.05, 3.63) is 12.4 Å². The fraction of sp³-hybridized carbons (Fsp3) is 0.765. The Morgan fingerprint density at radius 2 is 2.04 bits per heavy atom. The molecule has 0 aliphatic carbocycles. The number of amides is 2. The molecule has 1 aromatic rings. The summed E-state index contributed by atoms with van der Waals surface area (Å²) in [5, 5.41) is 10.0. The number of piperazine rings is 1. The van der Waals surface area contributed by atoms with Crippen LogP contribution in [0.3, 0.4) is 0 Å². The fourth-order valence-corrected chi connectivity index (χ4v) is 3.05. The number of hydrogen-bond acceptors (Lipinski definition) is 5. The standard InChI is InChI=1S/C17H32N6O2/c1-14(2)16(22-7-5-21(3)6-8-22)12-18-17(24)20-15-11-19-23(13-15)9-10-25-4/h11,13-14,16H,5-10,12H2,1-4H3,(H2,18,20,24). The molecule has 0 aromatic carbocycles. The molecule has 25 heavy (non-hydrogen) atoms. The summed E-state index contributed by atoms with van der Waals surface area (Å²) in [4.78, 5) is 17.0. The number of anilines is 1. The summed E-state index contributed by atoms with van der Waals surface area (Å²) in [7, 11) is 3.81. The first kappa shape index (κ1) is 19.7. The van der Waals surface area contributed by atoms with E-state index in [0.717, 1.165) is 26.2 Å². The van der Waals surface area contributed by atoms with Gasteiger partial charge < -0.3 is 20.3 Å². The summed E-state index contributed by atoms with van der Waals surface area (Å²) < 4.78 is 6.77. The minimum absolute atomic E-state index is 0.189. The summed E-state index contributed by atoms with van der Waals surface area (Å²) in [5.41, 5.74) is 0.689. The molecule has 0 spiro atoms. The highest BCUT2D eigenvalue weighted by atomic mass is 16.5. The van der Waals surface area contributed by atoms with Gasteiger partial charge in [-0.15, -0.1) is 0 Å². The monoisotopic (exact) mass is 352 g/mol. The predicted octanol–water partition coefficient (Wildman–Crippen LogP) is 0.923. The molecule has 2 N–H and O–H groups in total. The van der Waals surface area contributed by atoms with E-state index in [1.165, 1.54) is 0 Å². The van der Waals surface area contributed by atoms with E-state index in [1.54, 1.807) is 24.2 Å². The van der Waals surface area contributed by atoms with Crippen LogP contribution in [0.1, 0.15) is 13.8 Å². The Morgan fingerprint density at radius 3 is 2.68 bits per heavy atom. The van der Waals surface area contributed by atoms with Gasteiger partial charge in [0.15, 0.2) is 0 Å². The average molecular weight is 352 g/mol. The van der Waals surface area contributed by atoms with Gasteiger partial charge in [0.2, 0.25) is 0 Å². The van der Waals surface area contributed by atoms with E-state index in [2.05, 4.69) is 46.4 Å². The molecule has 8 nitrogen and oxygen atoms in total. The number of carbonyl (C=O) groups is 1. The zero-order chi connectivity index (χ0) is 18.2. The predicted molar refractivity (Wildman–Crippen MR) is 98.8 cm³/mol. The maximum Gasteiger partial charge on any atom is 0.319 e. The second kappa shape index (κ2) is 9.74. The fourth-order valence-electron chi connectivity index (χ4n) is 3.05. The van der Waals surface area contributed by atoms with Crippen LogP contribution in [0, 0.1) is 5.92 Å². The summed E-state index contributed by atoms with van der Waals surface area (Å²) in [6.07, 6.45) is 3.45. The molecule has 0 saturated carbocycles. The smallest absolute Gasteiger partial charge is 0.319 e. The van der Waals surface area contributed by atoms with Crippen molar-refractivity contribution in [2.24, 2.45) is 5.92 Å². The second-order valence-electron chi connectivity index (χ2n) is 6.97. The Kier molecular flexibility index (Phi) is 7.67. The van der Waals surface area contributed by atoms with Gasteiger partial charge in [0.25, 0.3) is 0 Å². The van der Waals surface area contributed by atoms with Crippen LogP contribution in [0.4, 0.5) is 10.5 Å². The first-order chi connectivity index (χ1) is 12.0. The number of urea groups is 1. The first-order valence-electron chi connectivity index (χ1n) is 8.98. The van der Waals surface area contributed by atoms with Crippen LogP contribution >= 0.6 is 0 Å². The van der Waals surface area contributed by atoms with Gasteiger partial charge in [0.05, 0.1) is 25.0 Å². The lowest BCUT2D eigenvalue weighted by molar-refractivity contribution is 0.0890. The van der Waals surface area contributed by atoms with Crippen molar-refractivity contribution in [2.75, 3.05) is 58.8 Å². The van der Waals surface area contributed by atoms with Gasteiger partial charge in [-0.3, -0.25) is 9.58 Å². The SMILES string of the molecule is COCCn1cc(NC(=O)NCC(C(C)C)N2CCN(C)CC2)cn1. The number of carbonyl (C=O) groups excluding carboxylic acids is 1.